The van der Waals surface area contributed by atoms with E-state index in [-0.39, 0.29) is 30.1 Å². The number of nitrogens with one attached hydrogen (secondary N) is 1. The van der Waals surface area contributed by atoms with Crippen molar-refractivity contribution in [2.24, 2.45) is 5.73 Å². The van der Waals surface area contributed by atoms with Crippen LogP contribution in [0.3, 0.4) is 0 Å². The fourth-order valence-corrected chi connectivity index (χ4v) is 3.16. The average molecular weight is 384 g/mol. The summed E-state index contributed by atoms with van der Waals surface area (Å²) in [4.78, 5) is 37.2. The van der Waals surface area contributed by atoms with Crippen molar-refractivity contribution in [2.75, 3.05) is 18.7 Å². The summed E-state index contributed by atoms with van der Waals surface area (Å²) in [6, 6.07) is 6.35. The molecule has 0 aliphatic carbocycles. The molecule has 0 atom stereocenters. The van der Waals surface area contributed by atoms with E-state index in [1.807, 2.05) is 0 Å². The summed E-state index contributed by atoms with van der Waals surface area (Å²) < 4.78 is 15.6. The van der Waals surface area contributed by atoms with Crippen LogP contribution in [-0.4, -0.2) is 31.2 Å². The lowest BCUT2D eigenvalue weighted by molar-refractivity contribution is 0.0524. The molecule has 1 heterocycles. The zero-order chi connectivity index (χ0) is 20.4. The van der Waals surface area contributed by atoms with Gasteiger partial charge < -0.3 is 25.3 Å². The van der Waals surface area contributed by atoms with E-state index in [1.165, 1.54) is 6.07 Å². The number of benzene rings is 2. The molecule has 28 heavy (non-hydrogen) atoms. The first kappa shape index (κ1) is 19.2. The summed E-state index contributed by atoms with van der Waals surface area (Å²) in [6.07, 6.45) is 0. The van der Waals surface area contributed by atoms with E-state index in [4.69, 9.17) is 19.9 Å². The number of carbonyl (C=O) groups excluding carboxylic acids is 3. The van der Waals surface area contributed by atoms with Gasteiger partial charge in [0.2, 0.25) is 12.7 Å². The summed E-state index contributed by atoms with van der Waals surface area (Å²) in [5.41, 5.74) is 7.04. The SMILES string of the molecule is CCOC(=O)c1c(C)cc(C(N)=O)c(C(=O)Nc2ccc3c(c2)OCO3)c1C. The average Bonchev–Trinajstić information content (AvgIpc) is 3.08. The second-order valence-electron chi connectivity index (χ2n) is 6.22. The first-order valence-corrected chi connectivity index (χ1v) is 8.65. The number of rotatable bonds is 5. The summed E-state index contributed by atoms with van der Waals surface area (Å²) >= 11 is 0. The number of amides is 2. The number of esters is 1. The Bertz CT molecular complexity index is 983. The maximum Gasteiger partial charge on any atom is 0.338 e. The van der Waals surface area contributed by atoms with Crippen molar-refractivity contribution < 1.29 is 28.6 Å². The number of carbonyl (C=O) groups is 3. The Morgan fingerprint density at radius 3 is 2.50 bits per heavy atom. The predicted octanol–water partition coefficient (Wildman–Crippen LogP) is 2.56. The Balaban J connectivity index is 2.03. The van der Waals surface area contributed by atoms with Crippen molar-refractivity contribution in [2.45, 2.75) is 20.8 Å². The van der Waals surface area contributed by atoms with Crippen molar-refractivity contribution in [1.82, 2.24) is 0 Å². The lowest BCUT2D eigenvalue weighted by atomic mass is 9.91. The third kappa shape index (κ3) is 3.48. The third-order valence-corrected chi connectivity index (χ3v) is 4.38. The molecule has 8 nitrogen and oxygen atoms in total. The van der Waals surface area contributed by atoms with Crippen LogP contribution in [-0.2, 0) is 4.74 Å². The maximum atomic E-state index is 13.0. The number of fused-ring (bicyclic) bond motifs is 1. The zero-order valence-electron chi connectivity index (χ0n) is 15.8. The van der Waals surface area contributed by atoms with Gasteiger partial charge in [-0.15, -0.1) is 0 Å². The van der Waals surface area contributed by atoms with Crippen LogP contribution in [0.4, 0.5) is 5.69 Å². The van der Waals surface area contributed by atoms with Gasteiger partial charge in [0.25, 0.3) is 5.91 Å². The number of hydrogen-bond acceptors (Lipinski definition) is 6. The van der Waals surface area contributed by atoms with Gasteiger partial charge in [-0.05, 0) is 50.1 Å². The molecule has 2 aromatic carbocycles. The molecule has 1 aliphatic heterocycles. The Morgan fingerprint density at radius 2 is 1.82 bits per heavy atom. The molecule has 2 amide bonds. The van der Waals surface area contributed by atoms with Gasteiger partial charge in [0, 0.05) is 11.8 Å². The highest BCUT2D eigenvalue weighted by Crippen LogP contribution is 2.34. The lowest BCUT2D eigenvalue weighted by Gasteiger charge is -2.17. The number of primary amides is 1. The van der Waals surface area contributed by atoms with E-state index in [0.29, 0.717) is 28.3 Å². The van der Waals surface area contributed by atoms with Crippen molar-refractivity contribution in [1.29, 1.82) is 0 Å². The molecular weight excluding hydrogens is 364 g/mol. The van der Waals surface area contributed by atoms with E-state index in [1.54, 1.807) is 39.0 Å². The van der Waals surface area contributed by atoms with Crippen LogP contribution in [0.5, 0.6) is 11.5 Å². The molecule has 3 N–H and O–H groups in total. The third-order valence-electron chi connectivity index (χ3n) is 4.38. The van der Waals surface area contributed by atoms with Gasteiger partial charge in [0.15, 0.2) is 11.5 Å². The van der Waals surface area contributed by atoms with Crippen LogP contribution in [0, 0.1) is 13.8 Å². The van der Waals surface area contributed by atoms with E-state index in [0.717, 1.165) is 0 Å². The fourth-order valence-electron chi connectivity index (χ4n) is 3.16. The molecule has 0 saturated heterocycles. The van der Waals surface area contributed by atoms with E-state index < -0.39 is 17.8 Å². The maximum absolute atomic E-state index is 13.0. The van der Waals surface area contributed by atoms with Crippen LogP contribution < -0.4 is 20.5 Å². The van der Waals surface area contributed by atoms with Crippen molar-refractivity contribution in [3.63, 3.8) is 0 Å². The molecule has 3 rings (SSSR count). The largest absolute Gasteiger partial charge is 0.462 e. The fraction of sp³-hybridized carbons (Fsp3) is 0.250. The monoisotopic (exact) mass is 384 g/mol. The molecule has 1 aliphatic rings. The topological polar surface area (TPSA) is 117 Å². The summed E-state index contributed by atoms with van der Waals surface area (Å²) in [5.74, 6) is -0.827. The Hall–Kier alpha value is -3.55. The van der Waals surface area contributed by atoms with Gasteiger partial charge in [-0.1, -0.05) is 0 Å². The van der Waals surface area contributed by atoms with Crippen LogP contribution in [0.1, 0.15) is 49.1 Å². The minimum atomic E-state index is -0.766. The molecular formula is C20H20N2O6. The second-order valence-corrected chi connectivity index (χ2v) is 6.22. The molecule has 0 spiro atoms. The minimum absolute atomic E-state index is 0.0267. The number of nitrogens with two attached hydrogens (primary N) is 1. The van der Waals surface area contributed by atoms with E-state index in [2.05, 4.69) is 5.32 Å². The highest BCUT2D eigenvalue weighted by atomic mass is 16.7. The van der Waals surface area contributed by atoms with Crippen LogP contribution in [0.15, 0.2) is 24.3 Å². The Kier molecular flexibility index (Phi) is 5.21. The number of anilines is 1. The van der Waals surface area contributed by atoms with Gasteiger partial charge in [-0.3, -0.25) is 9.59 Å². The quantitative estimate of drug-likeness (QED) is 0.765. The Labute approximate surface area is 161 Å². The molecule has 0 bridgehead atoms. The molecule has 0 unspecified atom stereocenters. The predicted molar refractivity (Wildman–Crippen MR) is 101 cm³/mol. The van der Waals surface area contributed by atoms with Gasteiger partial charge in [0.1, 0.15) is 0 Å². The van der Waals surface area contributed by atoms with Crippen molar-refractivity contribution >= 4 is 23.5 Å². The Morgan fingerprint density at radius 1 is 1.11 bits per heavy atom. The van der Waals surface area contributed by atoms with E-state index >= 15 is 0 Å². The molecule has 0 radical (unpaired) electrons. The number of aryl methyl sites for hydroxylation is 1. The zero-order valence-corrected chi connectivity index (χ0v) is 15.8. The first-order chi connectivity index (χ1) is 13.3. The highest BCUT2D eigenvalue weighted by Gasteiger charge is 2.26. The van der Waals surface area contributed by atoms with Crippen LogP contribution in [0.2, 0.25) is 0 Å². The van der Waals surface area contributed by atoms with Gasteiger partial charge in [-0.2, -0.15) is 0 Å². The minimum Gasteiger partial charge on any atom is -0.462 e. The standard InChI is InChI=1S/C20H20N2O6/c1-4-26-20(25)16-10(2)7-13(18(21)23)17(11(16)3)19(24)22-12-5-6-14-15(8-12)28-9-27-14/h5-8H,4,9H2,1-3H3,(H2,21,23)(H,22,24). The van der Waals surface area contributed by atoms with Crippen LogP contribution >= 0.6 is 0 Å². The van der Waals surface area contributed by atoms with Gasteiger partial charge >= 0.3 is 5.97 Å². The van der Waals surface area contributed by atoms with Gasteiger partial charge in [0.05, 0.1) is 23.3 Å². The molecule has 0 saturated carbocycles. The normalized spacial score (nSPS) is 11.8. The molecule has 0 aromatic heterocycles. The van der Waals surface area contributed by atoms with Crippen molar-refractivity contribution in [3.8, 4) is 11.5 Å². The molecule has 8 heteroatoms. The summed E-state index contributed by atoms with van der Waals surface area (Å²) in [5, 5.41) is 2.71. The van der Waals surface area contributed by atoms with Crippen LogP contribution in [0.25, 0.3) is 0 Å². The smallest absolute Gasteiger partial charge is 0.338 e. The van der Waals surface area contributed by atoms with Gasteiger partial charge in [-0.25, -0.2) is 4.79 Å². The highest BCUT2D eigenvalue weighted by molar-refractivity contribution is 6.14. The summed E-state index contributed by atoms with van der Waals surface area (Å²) in [6.45, 7) is 5.23. The molecule has 2 aromatic rings. The second kappa shape index (κ2) is 7.59. The molecule has 0 fully saturated rings. The van der Waals surface area contributed by atoms with Crippen molar-refractivity contribution in [3.05, 3.63) is 52.1 Å². The summed E-state index contributed by atoms with van der Waals surface area (Å²) in [7, 11) is 0. The lowest BCUT2D eigenvalue weighted by Crippen LogP contribution is -2.24. The first-order valence-electron chi connectivity index (χ1n) is 8.65. The number of ether oxygens (including phenoxy) is 3. The van der Waals surface area contributed by atoms with E-state index in [9.17, 15) is 14.4 Å². The molecule has 146 valence electrons. The number of hydrogen-bond donors (Lipinski definition) is 2.